The van der Waals surface area contributed by atoms with Gasteiger partial charge < -0.3 is 14.4 Å². The van der Waals surface area contributed by atoms with Crippen molar-refractivity contribution in [3.05, 3.63) is 0 Å². The maximum atomic E-state index is 12.5. The van der Waals surface area contributed by atoms with E-state index in [9.17, 15) is 4.79 Å². The summed E-state index contributed by atoms with van der Waals surface area (Å²) in [5.74, 6) is 1.27. The molecule has 0 aromatic heterocycles. The molecule has 0 aromatic carbocycles. The van der Waals surface area contributed by atoms with Gasteiger partial charge in [-0.15, -0.1) is 0 Å². The molecule has 2 aliphatic carbocycles. The highest BCUT2D eigenvalue weighted by Crippen LogP contribution is 2.62. The van der Waals surface area contributed by atoms with Crippen LogP contribution in [0.2, 0.25) is 0 Å². The quantitative estimate of drug-likeness (QED) is 0.579. The third kappa shape index (κ3) is 2.21. The van der Waals surface area contributed by atoms with Crippen LogP contribution in [0.15, 0.2) is 0 Å². The molecule has 0 radical (unpaired) electrons. The third-order valence-electron chi connectivity index (χ3n) is 7.73. The van der Waals surface area contributed by atoms with Crippen molar-refractivity contribution in [2.45, 2.75) is 63.6 Å². The number of fused-ring (bicyclic) bond motifs is 3. The van der Waals surface area contributed by atoms with Crippen molar-refractivity contribution in [2.24, 2.45) is 23.2 Å². The van der Waals surface area contributed by atoms with Crippen LogP contribution < -0.4 is 0 Å². The second-order valence-electron chi connectivity index (χ2n) is 9.11. The van der Waals surface area contributed by atoms with Gasteiger partial charge in [0.05, 0.1) is 18.1 Å². The molecule has 0 unspecified atom stereocenters. The molecule has 5 fully saturated rings. The number of ether oxygens (including phenoxy) is 2. The topological polar surface area (TPSA) is 42.1 Å². The number of likely N-dealkylation sites (tertiary alicyclic amines) is 1. The molecule has 128 valence electrons. The van der Waals surface area contributed by atoms with Gasteiger partial charge in [-0.3, -0.25) is 4.79 Å². The molecule has 0 amide bonds. The van der Waals surface area contributed by atoms with Crippen molar-refractivity contribution in [3.63, 3.8) is 0 Å². The average molecular weight is 319 g/mol. The first-order valence-corrected chi connectivity index (χ1v) is 9.67. The van der Waals surface area contributed by atoms with Crippen LogP contribution in [0.4, 0.5) is 0 Å². The summed E-state index contributed by atoms with van der Waals surface area (Å²) >= 11 is 0. The molecule has 0 bridgehead atoms. The fourth-order valence-electron chi connectivity index (χ4n) is 6.41. The van der Waals surface area contributed by atoms with E-state index in [1.54, 1.807) is 0 Å². The minimum atomic E-state index is 0.0833. The highest BCUT2D eigenvalue weighted by molar-refractivity contribution is 5.75. The number of rotatable bonds is 2. The molecule has 5 aliphatic rings. The lowest BCUT2D eigenvalue weighted by molar-refractivity contribution is -0.147. The van der Waals surface area contributed by atoms with E-state index >= 15 is 0 Å². The Morgan fingerprint density at radius 2 is 2.00 bits per heavy atom. The van der Waals surface area contributed by atoms with Gasteiger partial charge in [-0.2, -0.15) is 0 Å². The van der Waals surface area contributed by atoms with Crippen LogP contribution in [-0.4, -0.2) is 48.8 Å². The second-order valence-corrected chi connectivity index (χ2v) is 9.11. The van der Waals surface area contributed by atoms with Gasteiger partial charge in [0.1, 0.15) is 6.10 Å². The number of carbonyl (C=O) groups is 1. The van der Waals surface area contributed by atoms with E-state index in [1.807, 2.05) is 0 Å². The molecule has 5 rings (SSSR count). The Labute approximate surface area is 138 Å². The lowest BCUT2D eigenvalue weighted by Gasteiger charge is -2.51. The van der Waals surface area contributed by atoms with Crippen LogP contribution in [0.1, 0.15) is 51.9 Å². The van der Waals surface area contributed by atoms with E-state index in [-0.39, 0.29) is 23.6 Å². The van der Waals surface area contributed by atoms with Crippen molar-refractivity contribution in [1.29, 1.82) is 0 Å². The molecule has 2 saturated carbocycles. The Hall–Kier alpha value is -0.610. The molecule has 4 nitrogen and oxygen atoms in total. The summed E-state index contributed by atoms with van der Waals surface area (Å²) in [6.45, 7) is 6.64. The molecule has 1 spiro atoms. The number of esters is 1. The SMILES string of the molecule is C[C@]12CCC[C@@]3(CO3)[C@@H]1C[C@H]1[C@@H](C2)OC(=O)[C@@H]1CN1CCCC1. The van der Waals surface area contributed by atoms with Gasteiger partial charge in [-0.25, -0.2) is 0 Å². The molecular formula is C19H29NO3. The van der Waals surface area contributed by atoms with Crippen molar-refractivity contribution < 1.29 is 14.3 Å². The molecule has 3 saturated heterocycles. The van der Waals surface area contributed by atoms with Crippen molar-refractivity contribution in [1.82, 2.24) is 4.90 Å². The zero-order valence-corrected chi connectivity index (χ0v) is 14.3. The largest absolute Gasteiger partial charge is 0.462 e. The maximum Gasteiger partial charge on any atom is 0.310 e. The van der Waals surface area contributed by atoms with Crippen LogP contribution in [0.3, 0.4) is 0 Å². The summed E-state index contributed by atoms with van der Waals surface area (Å²) in [5, 5.41) is 0. The summed E-state index contributed by atoms with van der Waals surface area (Å²) in [5.41, 5.74) is 0.487. The molecule has 23 heavy (non-hydrogen) atoms. The van der Waals surface area contributed by atoms with E-state index < -0.39 is 0 Å². The first kappa shape index (κ1) is 14.7. The average Bonchev–Trinajstić information content (AvgIpc) is 2.97. The molecular weight excluding hydrogens is 290 g/mol. The molecule has 6 atom stereocenters. The number of hydrogen-bond donors (Lipinski definition) is 0. The van der Waals surface area contributed by atoms with Gasteiger partial charge in [-0.05, 0) is 69.4 Å². The lowest BCUT2D eigenvalue weighted by Crippen LogP contribution is -2.51. The van der Waals surface area contributed by atoms with Crippen LogP contribution in [-0.2, 0) is 14.3 Å². The summed E-state index contributed by atoms with van der Waals surface area (Å²) in [6.07, 6.45) is 8.74. The normalized spacial score (nSPS) is 52.3. The minimum Gasteiger partial charge on any atom is -0.462 e. The first-order valence-electron chi connectivity index (χ1n) is 9.67. The molecule has 0 N–H and O–H groups in total. The Balaban J connectivity index is 1.38. The van der Waals surface area contributed by atoms with Crippen molar-refractivity contribution >= 4 is 5.97 Å². The highest BCUT2D eigenvalue weighted by Gasteiger charge is 2.65. The Bertz CT molecular complexity index is 511. The Kier molecular flexibility index (Phi) is 3.17. The molecule has 3 heterocycles. The number of hydrogen-bond acceptors (Lipinski definition) is 4. The van der Waals surface area contributed by atoms with Crippen LogP contribution in [0.5, 0.6) is 0 Å². The number of carbonyl (C=O) groups excluding carboxylic acids is 1. The fraction of sp³-hybridized carbons (Fsp3) is 0.947. The maximum absolute atomic E-state index is 12.5. The predicted molar refractivity (Wildman–Crippen MR) is 85.9 cm³/mol. The zero-order chi connectivity index (χ0) is 15.7. The monoisotopic (exact) mass is 319 g/mol. The van der Waals surface area contributed by atoms with E-state index in [0.29, 0.717) is 17.3 Å². The highest BCUT2D eigenvalue weighted by atomic mass is 16.6. The fourth-order valence-corrected chi connectivity index (χ4v) is 6.41. The van der Waals surface area contributed by atoms with E-state index in [2.05, 4.69) is 11.8 Å². The second kappa shape index (κ2) is 4.95. The Morgan fingerprint density at radius 3 is 2.74 bits per heavy atom. The summed E-state index contributed by atoms with van der Waals surface area (Å²) in [7, 11) is 0. The standard InChI is InChI=1S/C19H29NO3/c1-18-5-4-6-19(12-22-19)16(18)9-13-14(11-20-7-2-3-8-20)17(21)23-15(13)10-18/h13-16H,2-12H2,1H3/t13-,14-,15-,16-,18-,19-/m1/s1. The summed E-state index contributed by atoms with van der Waals surface area (Å²) in [4.78, 5) is 15.0. The molecule has 0 aromatic rings. The number of epoxide rings is 1. The summed E-state index contributed by atoms with van der Waals surface area (Å²) < 4.78 is 11.9. The van der Waals surface area contributed by atoms with Gasteiger partial charge in [0.25, 0.3) is 0 Å². The third-order valence-corrected chi connectivity index (χ3v) is 7.73. The van der Waals surface area contributed by atoms with Crippen molar-refractivity contribution in [2.75, 3.05) is 26.2 Å². The Morgan fingerprint density at radius 1 is 1.22 bits per heavy atom. The van der Waals surface area contributed by atoms with Crippen molar-refractivity contribution in [3.8, 4) is 0 Å². The van der Waals surface area contributed by atoms with E-state index in [0.717, 1.165) is 39.1 Å². The lowest BCUT2D eigenvalue weighted by atomic mass is 9.53. The molecule has 4 heteroatoms. The van der Waals surface area contributed by atoms with Gasteiger partial charge in [0.2, 0.25) is 0 Å². The van der Waals surface area contributed by atoms with Crippen LogP contribution in [0, 0.1) is 23.2 Å². The number of nitrogens with zero attached hydrogens (tertiary/aromatic N) is 1. The van der Waals surface area contributed by atoms with Crippen LogP contribution >= 0.6 is 0 Å². The van der Waals surface area contributed by atoms with E-state index in [4.69, 9.17) is 9.47 Å². The summed E-state index contributed by atoms with van der Waals surface area (Å²) in [6, 6.07) is 0. The minimum absolute atomic E-state index is 0.0833. The zero-order valence-electron chi connectivity index (χ0n) is 14.3. The van der Waals surface area contributed by atoms with Gasteiger partial charge in [0, 0.05) is 12.5 Å². The van der Waals surface area contributed by atoms with Gasteiger partial charge in [0.15, 0.2) is 0 Å². The smallest absolute Gasteiger partial charge is 0.310 e. The van der Waals surface area contributed by atoms with Gasteiger partial charge in [-0.1, -0.05) is 6.92 Å². The predicted octanol–water partition coefficient (Wildman–Crippen LogP) is 2.61. The van der Waals surface area contributed by atoms with E-state index in [1.165, 1.54) is 32.1 Å². The van der Waals surface area contributed by atoms with Crippen LogP contribution in [0.25, 0.3) is 0 Å². The van der Waals surface area contributed by atoms with Gasteiger partial charge >= 0.3 is 5.97 Å². The first-order chi connectivity index (χ1) is 11.1. The molecule has 3 aliphatic heterocycles.